The standard InChI is InChI=1S/C20H24N2O2.C19H28O8/c1-3-13-12-22-9-7-14(13)10-19(22)20(23)16-6-8-21-18-5-4-15(24-2)11-17(16)18;1-10-4-5-13-11(2)15(16(22)23-9-7-14(20)21)24-17-19(13)12(10)6-8-18(3,25-17)26-27-19/h3-6,8,11,13-14,19-20,23H,1,7,9-10,12H2,2H3;10-13,15,17H,4-9H2,1-3H3,(H,20,21)/t13-,14-,19-,20+;10-,11-,12+,13+,15-,17-,18+,19?/m01/s1. The second-order valence-electron chi connectivity index (χ2n) is 15.6. The summed E-state index contributed by atoms with van der Waals surface area (Å²) in [5.41, 5.74) is 1.13. The first-order chi connectivity index (χ1) is 24.5. The molecule has 12 heteroatoms. The molecule has 0 radical (unpaired) electrons. The minimum atomic E-state index is -1.01. The van der Waals surface area contributed by atoms with E-state index in [0.29, 0.717) is 24.2 Å². The number of piperidine rings is 3. The van der Waals surface area contributed by atoms with Gasteiger partial charge in [-0.15, -0.1) is 6.58 Å². The molecule has 12 nitrogen and oxygen atoms in total. The Balaban J connectivity index is 0.000000160. The molecule has 1 aromatic heterocycles. The summed E-state index contributed by atoms with van der Waals surface area (Å²) in [7, 11) is 1.66. The van der Waals surface area contributed by atoms with Crippen LogP contribution in [0.1, 0.15) is 77.4 Å². The molecular weight excluding hydrogens is 656 g/mol. The Hall–Kier alpha value is -3.13. The SMILES string of the molecule is C=C[C@H]1C[N@]2CC[C@H]1C[C@H]2[C@H](O)c1ccnc2ccc(OC)cc12.C[C@H]1[C@H](C(=O)OCCC(=O)O)O[C@@H]2O[C@]3(C)CC[C@H]4[C@H](C)CC[C@@H]1C24OO3. The van der Waals surface area contributed by atoms with Gasteiger partial charge in [-0.05, 0) is 105 Å². The first-order valence-corrected chi connectivity index (χ1v) is 18.5. The Morgan fingerprint density at radius 3 is 2.71 bits per heavy atom. The van der Waals surface area contributed by atoms with Crippen LogP contribution >= 0.6 is 0 Å². The van der Waals surface area contributed by atoms with Crippen molar-refractivity contribution in [3.8, 4) is 5.75 Å². The number of carbonyl (C=O) groups is 2. The molecule has 2 N–H and O–H groups in total. The van der Waals surface area contributed by atoms with Gasteiger partial charge in [0.25, 0.3) is 0 Å². The molecular formula is C39H52N2O10. The molecule has 4 bridgehead atoms. The Bertz CT molecular complexity index is 1620. The minimum Gasteiger partial charge on any atom is -0.497 e. The van der Waals surface area contributed by atoms with Crippen LogP contribution < -0.4 is 4.74 Å². The quantitative estimate of drug-likeness (QED) is 0.205. The first kappa shape index (κ1) is 36.2. The summed E-state index contributed by atoms with van der Waals surface area (Å²) >= 11 is 0. The van der Waals surface area contributed by atoms with Crippen LogP contribution in [0, 0.1) is 35.5 Å². The second-order valence-corrected chi connectivity index (χ2v) is 15.6. The highest BCUT2D eigenvalue weighted by Gasteiger charge is 2.70. The summed E-state index contributed by atoms with van der Waals surface area (Å²) in [6, 6.07) is 7.96. The van der Waals surface area contributed by atoms with Gasteiger partial charge in [0.2, 0.25) is 5.79 Å². The molecule has 13 atom stereocenters. The number of pyridine rings is 1. The van der Waals surface area contributed by atoms with Crippen molar-refractivity contribution in [3.05, 3.63) is 48.7 Å². The molecule has 1 aromatic carbocycles. The molecule has 1 spiro atoms. The molecule has 1 aliphatic carbocycles. The molecule has 8 fully saturated rings. The van der Waals surface area contributed by atoms with Crippen LogP contribution in [0.2, 0.25) is 0 Å². The fraction of sp³-hybridized carbons (Fsp3) is 0.667. The number of esters is 1. The first-order valence-electron chi connectivity index (χ1n) is 18.5. The average Bonchev–Trinajstić information content (AvgIpc) is 3.37. The lowest BCUT2D eigenvalue weighted by Crippen LogP contribution is -2.71. The lowest BCUT2D eigenvalue weighted by atomic mass is 9.57. The Morgan fingerprint density at radius 2 is 1.98 bits per heavy atom. The van der Waals surface area contributed by atoms with Crippen molar-refractivity contribution in [1.82, 2.24) is 9.88 Å². The number of hydrogen-bond donors (Lipinski definition) is 2. The van der Waals surface area contributed by atoms with Crippen molar-refractivity contribution < 1.29 is 48.5 Å². The molecule has 7 saturated heterocycles. The fourth-order valence-electron chi connectivity index (χ4n) is 9.94. The van der Waals surface area contributed by atoms with Crippen molar-refractivity contribution in [2.75, 3.05) is 26.8 Å². The van der Waals surface area contributed by atoms with E-state index >= 15 is 0 Å². The Kier molecular flexibility index (Phi) is 10.2. The van der Waals surface area contributed by atoms with Crippen LogP contribution in [0.4, 0.5) is 0 Å². The van der Waals surface area contributed by atoms with Crippen LogP contribution in [-0.2, 0) is 33.6 Å². The fourth-order valence-corrected chi connectivity index (χ4v) is 9.94. The smallest absolute Gasteiger partial charge is 0.335 e. The number of aliphatic carboxylic acids is 1. The van der Waals surface area contributed by atoms with Gasteiger partial charge in [-0.25, -0.2) is 14.6 Å². The van der Waals surface area contributed by atoms with Crippen LogP contribution in [0.5, 0.6) is 5.75 Å². The van der Waals surface area contributed by atoms with E-state index in [0.717, 1.165) is 61.0 Å². The van der Waals surface area contributed by atoms with Gasteiger partial charge in [0.15, 0.2) is 18.0 Å². The van der Waals surface area contributed by atoms with E-state index in [1.165, 1.54) is 6.42 Å². The molecule has 8 heterocycles. The van der Waals surface area contributed by atoms with Crippen LogP contribution in [0.25, 0.3) is 10.9 Å². The summed E-state index contributed by atoms with van der Waals surface area (Å²) < 4.78 is 22.8. The zero-order valence-electron chi connectivity index (χ0n) is 30.1. The van der Waals surface area contributed by atoms with Crippen molar-refractivity contribution in [1.29, 1.82) is 0 Å². The van der Waals surface area contributed by atoms with Crippen LogP contribution in [-0.4, -0.2) is 88.7 Å². The summed E-state index contributed by atoms with van der Waals surface area (Å²) in [6.07, 6.45) is 7.46. The summed E-state index contributed by atoms with van der Waals surface area (Å²) in [6.45, 7) is 11.9. The molecule has 7 aliphatic heterocycles. The van der Waals surface area contributed by atoms with Gasteiger partial charge in [-0.2, -0.15) is 0 Å². The highest BCUT2D eigenvalue weighted by molar-refractivity contribution is 5.84. The van der Waals surface area contributed by atoms with Crippen molar-refractivity contribution in [3.63, 3.8) is 0 Å². The predicted molar refractivity (Wildman–Crippen MR) is 185 cm³/mol. The van der Waals surface area contributed by atoms with Crippen molar-refractivity contribution in [2.45, 2.75) is 102 Å². The van der Waals surface area contributed by atoms with Crippen LogP contribution in [0.15, 0.2) is 43.1 Å². The van der Waals surface area contributed by atoms with Gasteiger partial charge in [0.1, 0.15) is 12.4 Å². The largest absolute Gasteiger partial charge is 0.497 e. The maximum absolute atomic E-state index is 12.6. The normalized spacial score (nSPS) is 39.9. The molecule has 8 aliphatic rings. The van der Waals surface area contributed by atoms with Gasteiger partial charge in [-0.3, -0.25) is 14.7 Å². The number of methoxy groups -OCH3 is 1. The molecule has 1 unspecified atom stereocenters. The summed E-state index contributed by atoms with van der Waals surface area (Å²) in [5, 5.41) is 20.9. The van der Waals surface area contributed by atoms with E-state index in [2.05, 4.69) is 29.5 Å². The number of aliphatic hydroxyl groups excluding tert-OH is 1. The summed E-state index contributed by atoms with van der Waals surface area (Å²) in [4.78, 5) is 41.9. The van der Waals surface area contributed by atoms with Gasteiger partial charge in [-0.1, -0.05) is 19.9 Å². The average molecular weight is 709 g/mol. The zero-order valence-corrected chi connectivity index (χ0v) is 30.1. The highest BCUT2D eigenvalue weighted by atomic mass is 17.3. The van der Waals surface area contributed by atoms with Crippen molar-refractivity contribution in [2.24, 2.45) is 35.5 Å². The predicted octanol–water partition coefficient (Wildman–Crippen LogP) is 5.43. The second kappa shape index (κ2) is 14.4. The molecule has 0 amide bonds. The van der Waals surface area contributed by atoms with Gasteiger partial charge in [0.05, 0.1) is 25.2 Å². The third-order valence-corrected chi connectivity index (χ3v) is 12.8. The number of fused-ring (bicyclic) bond motifs is 6. The molecule has 1 saturated carbocycles. The maximum atomic E-state index is 12.6. The number of nitrogens with zero attached hydrogens (tertiary/aromatic N) is 2. The van der Waals surface area contributed by atoms with E-state index in [-0.39, 0.29) is 36.8 Å². The molecule has 278 valence electrons. The topological polar surface area (TPSA) is 146 Å². The van der Waals surface area contributed by atoms with Gasteiger partial charge >= 0.3 is 11.9 Å². The van der Waals surface area contributed by atoms with Crippen LogP contribution in [0.3, 0.4) is 0 Å². The Labute approximate surface area is 299 Å². The molecule has 2 aromatic rings. The number of carbonyl (C=O) groups excluding carboxylic acids is 1. The number of carboxylic acids is 1. The number of carboxylic acid groups (broad SMARTS) is 1. The number of rotatable bonds is 8. The zero-order chi connectivity index (χ0) is 36.1. The molecule has 10 rings (SSSR count). The molecule has 51 heavy (non-hydrogen) atoms. The Morgan fingerprint density at radius 1 is 1.16 bits per heavy atom. The van der Waals surface area contributed by atoms with E-state index < -0.39 is 41.8 Å². The number of benzene rings is 1. The summed E-state index contributed by atoms with van der Waals surface area (Å²) in [5.74, 6) is 0.140. The van der Waals surface area contributed by atoms with E-state index in [9.17, 15) is 14.7 Å². The van der Waals surface area contributed by atoms with Crippen molar-refractivity contribution >= 4 is 22.8 Å². The third-order valence-electron chi connectivity index (χ3n) is 12.8. The van der Waals surface area contributed by atoms with Gasteiger partial charge in [0, 0.05) is 36.5 Å². The van der Waals surface area contributed by atoms with E-state index in [1.807, 2.05) is 38.1 Å². The third kappa shape index (κ3) is 6.57. The van der Waals surface area contributed by atoms with E-state index in [1.54, 1.807) is 13.3 Å². The monoisotopic (exact) mass is 708 g/mol. The number of aromatic nitrogens is 1. The number of ether oxygens (including phenoxy) is 4. The maximum Gasteiger partial charge on any atom is 0.335 e. The van der Waals surface area contributed by atoms with Gasteiger partial charge < -0.3 is 29.2 Å². The number of aliphatic hydroxyl groups is 1. The minimum absolute atomic E-state index is 0.0390. The number of hydrogen-bond acceptors (Lipinski definition) is 11. The highest BCUT2D eigenvalue weighted by Crippen LogP contribution is 2.60. The lowest BCUT2D eigenvalue weighted by Gasteiger charge is -2.60. The lowest BCUT2D eigenvalue weighted by molar-refractivity contribution is -0.569. The van der Waals surface area contributed by atoms with E-state index in [4.69, 9.17) is 33.8 Å².